The highest BCUT2D eigenvalue weighted by Gasteiger charge is 2.00. The Morgan fingerprint density at radius 2 is 2.46 bits per heavy atom. The molecule has 0 atom stereocenters. The van der Waals surface area contributed by atoms with Crippen LogP contribution in [0.5, 0.6) is 0 Å². The van der Waals surface area contributed by atoms with Gasteiger partial charge in [-0.2, -0.15) is 0 Å². The Bertz CT molecular complexity index is 290. The Morgan fingerprint density at radius 3 is 3.00 bits per heavy atom. The van der Waals surface area contributed by atoms with E-state index < -0.39 is 0 Å². The number of carbonyl (C=O) groups excluding carboxylic acids is 1. The highest BCUT2D eigenvalue weighted by molar-refractivity contribution is 9.11. The zero-order valence-electron chi connectivity index (χ0n) is 6.96. The molecule has 0 aliphatic heterocycles. The number of rotatable bonds is 3. The highest BCUT2D eigenvalue weighted by Crippen LogP contribution is 2.21. The first-order valence-electron chi connectivity index (χ1n) is 3.53. The fourth-order valence-electron chi connectivity index (χ4n) is 0.743. The molecule has 1 rings (SSSR count). The summed E-state index contributed by atoms with van der Waals surface area (Å²) in [4.78, 5) is 16.4. The largest absolute Gasteiger partial charge is 0.338 e. The molecule has 2 N–H and O–H groups in total. The number of urea groups is 1. The molecule has 0 saturated heterocycles. The molecule has 0 radical (unpaired) electrons. The van der Waals surface area contributed by atoms with Crippen LogP contribution < -0.4 is 10.8 Å². The van der Waals surface area contributed by atoms with E-state index in [0.29, 0.717) is 6.54 Å². The number of nitrogens with one attached hydrogen (secondary N) is 2. The lowest BCUT2D eigenvalue weighted by Gasteiger charge is -2.02. The predicted molar refractivity (Wildman–Crippen MR) is 54.4 cm³/mol. The summed E-state index contributed by atoms with van der Waals surface area (Å²) in [5.41, 5.74) is 2.17. The molecule has 0 aliphatic carbocycles. The highest BCUT2D eigenvalue weighted by atomic mass is 79.9. The van der Waals surface area contributed by atoms with Gasteiger partial charge in [-0.1, -0.05) is 0 Å². The van der Waals surface area contributed by atoms with Crippen molar-refractivity contribution in [3.8, 4) is 0 Å². The number of hydrogen-bond donors (Lipinski definition) is 2. The first-order chi connectivity index (χ1) is 6.22. The minimum Gasteiger partial charge on any atom is -0.331 e. The molecule has 0 aromatic carbocycles. The van der Waals surface area contributed by atoms with Crippen molar-refractivity contribution in [2.45, 2.75) is 6.54 Å². The van der Waals surface area contributed by atoms with Crippen LogP contribution >= 0.6 is 27.3 Å². The second-order valence-electron chi connectivity index (χ2n) is 2.19. The second kappa shape index (κ2) is 5.21. The fourth-order valence-corrected chi connectivity index (χ4v) is 2.17. The van der Waals surface area contributed by atoms with Gasteiger partial charge in [-0.3, -0.25) is 4.84 Å². The summed E-state index contributed by atoms with van der Waals surface area (Å²) in [6.07, 6.45) is 0. The first kappa shape index (κ1) is 10.5. The molecule has 0 unspecified atom stereocenters. The molecule has 0 bridgehead atoms. The summed E-state index contributed by atoms with van der Waals surface area (Å²) in [6.45, 7) is 0.505. The third-order valence-corrected chi connectivity index (χ3v) is 2.87. The minimum atomic E-state index is -0.341. The number of hydroxylamine groups is 1. The zero-order valence-corrected chi connectivity index (χ0v) is 9.37. The van der Waals surface area contributed by atoms with Gasteiger partial charge in [-0.05, 0) is 28.1 Å². The quantitative estimate of drug-likeness (QED) is 0.820. The Balaban J connectivity index is 2.30. The number of hydrogen-bond acceptors (Lipinski definition) is 3. The van der Waals surface area contributed by atoms with Gasteiger partial charge in [0.2, 0.25) is 0 Å². The molecule has 13 heavy (non-hydrogen) atoms. The second-order valence-corrected chi connectivity index (χ2v) is 4.74. The van der Waals surface area contributed by atoms with Crippen LogP contribution in [-0.4, -0.2) is 13.1 Å². The molecule has 4 nitrogen and oxygen atoms in total. The molecule has 0 spiro atoms. The monoisotopic (exact) mass is 264 g/mol. The molecule has 1 aromatic heterocycles. The van der Waals surface area contributed by atoms with Crippen LogP contribution in [0.4, 0.5) is 4.79 Å². The van der Waals surface area contributed by atoms with Gasteiger partial charge in [0.05, 0.1) is 17.4 Å². The van der Waals surface area contributed by atoms with E-state index in [1.165, 1.54) is 7.11 Å². The molecule has 2 amide bonds. The van der Waals surface area contributed by atoms with Gasteiger partial charge in [0.25, 0.3) is 0 Å². The van der Waals surface area contributed by atoms with E-state index >= 15 is 0 Å². The summed E-state index contributed by atoms with van der Waals surface area (Å²) in [7, 11) is 1.39. The average Bonchev–Trinajstić information content (AvgIpc) is 2.49. The molecule has 1 aromatic rings. The van der Waals surface area contributed by atoms with E-state index in [9.17, 15) is 4.79 Å². The maximum atomic E-state index is 10.9. The van der Waals surface area contributed by atoms with Gasteiger partial charge < -0.3 is 5.32 Å². The van der Waals surface area contributed by atoms with Crippen molar-refractivity contribution in [3.63, 3.8) is 0 Å². The topological polar surface area (TPSA) is 50.4 Å². The molecular weight excluding hydrogens is 256 g/mol. The van der Waals surface area contributed by atoms with Crippen molar-refractivity contribution >= 4 is 33.3 Å². The Kier molecular flexibility index (Phi) is 4.20. The van der Waals surface area contributed by atoms with Crippen LogP contribution in [0.1, 0.15) is 4.88 Å². The van der Waals surface area contributed by atoms with Crippen molar-refractivity contribution in [1.82, 2.24) is 10.8 Å². The van der Waals surface area contributed by atoms with Crippen LogP contribution in [0.3, 0.4) is 0 Å². The Labute approximate surface area is 88.4 Å². The molecule has 1 heterocycles. The smallest absolute Gasteiger partial charge is 0.331 e. The molecule has 0 saturated carbocycles. The van der Waals surface area contributed by atoms with Crippen molar-refractivity contribution < 1.29 is 9.63 Å². The van der Waals surface area contributed by atoms with E-state index in [4.69, 9.17) is 0 Å². The number of carbonyl (C=O) groups is 1. The van der Waals surface area contributed by atoms with Crippen molar-refractivity contribution in [3.05, 3.63) is 20.8 Å². The van der Waals surface area contributed by atoms with Gasteiger partial charge in [0.15, 0.2) is 0 Å². The molecular formula is C7H9BrN2O2S. The minimum absolute atomic E-state index is 0.341. The van der Waals surface area contributed by atoms with E-state index in [-0.39, 0.29) is 6.03 Å². The van der Waals surface area contributed by atoms with E-state index in [1.807, 2.05) is 12.1 Å². The Morgan fingerprint density at radius 1 is 1.69 bits per heavy atom. The van der Waals surface area contributed by atoms with Crippen LogP contribution in [0.25, 0.3) is 0 Å². The summed E-state index contributed by atoms with van der Waals surface area (Å²) in [5, 5.41) is 2.63. The maximum Gasteiger partial charge on any atom is 0.338 e. The summed E-state index contributed by atoms with van der Waals surface area (Å²) < 4.78 is 1.05. The first-order valence-corrected chi connectivity index (χ1v) is 5.14. The van der Waals surface area contributed by atoms with Gasteiger partial charge in [-0.15, -0.1) is 11.3 Å². The van der Waals surface area contributed by atoms with Gasteiger partial charge in [0.1, 0.15) is 0 Å². The lowest BCUT2D eigenvalue weighted by atomic mass is 10.5. The molecule has 0 fully saturated rings. The maximum absolute atomic E-state index is 10.9. The van der Waals surface area contributed by atoms with E-state index in [2.05, 4.69) is 31.6 Å². The summed E-state index contributed by atoms with van der Waals surface area (Å²) >= 11 is 4.92. The standard InChI is InChI=1S/C7H9BrN2O2S/c1-12-10-7(11)9-4-5-2-3-6(8)13-5/h2-3H,4H2,1H3,(H2,9,10,11). The fraction of sp³-hybridized carbons (Fsp3) is 0.286. The SMILES string of the molecule is CONC(=O)NCc1ccc(Br)s1. The van der Waals surface area contributed by atoms with Crippen molar-refractivity contribution in [2.24, 2.45) is 0 Å². The van der Waals surface area contributed by atoms with Crippen molar-refractivity contribution in [1.29, 1.82) is 0 Å². The van der Waals surface area contributed by atoms with Gasteiger partial charge >= 0.3 is 6.03 Å². The lowest BCUT2D eigenvalue weighted by Crippen LogP contribution is -2.33. The van der Waals surface area contributed by atoms with Crippen LogP contribution in [0.15, 0.2) is 15.9 Å². The zero-order chi connectivity index (χ0) is 9.68. The van der Waals surface area contributed by atoms with Crippen molar-refractivity contribution in [2.75, 3.05) is 7.11 Å². The molecule has 0 aliphatic rings. The predicted octanol–water partition coefficient (Wildman–Crippen LogP) is 1.87. The normalized spacial score (nSPS) is 9.69. The van der Waals surface area contributed by atoms with Gasteiger partial charge in [-0.25, -0.2) is 10.3 Å². The van der Waals surface area contributed by atoms with Gasteiger partial charge in [0, 0.05) is 4.88 Å². The van der Waals surface area contributed by atoms with E-state index in [1.54, 1.807) is 11.3 Å². The number of thiophene rings is 1. The molecule has 6 heteroatoms. The Hall–Kier alpha value is -0.590. The third kappa shape index (κ3) is 3.75. The average molecular weight is 265 g/mol. The van der Waals surface area contributed by atoms with Crippen LogP contribution in [0.2, 0.25) is 0 Å². The summed E-state index contributed by atoms with van der Waals surface area (Å²) in [5.74, 6) is 0. The van der Waals surface area contributed by atoms with Crippen LogP contribution in [0, 0.1) is 0 Å². The lowest BCUT2D eigenvalue weighted by molar-refractivity contribution is 0.107. The third-order valence-electron chi connectivity index (χ3n) is 1.25. The van der Waals surface area contributed by atoms with E-state index in [0.717, 1.165) is 8.66 Å². The number of halogens is 1. The number of amides is 2. The molecule has 72 valence electrons. The summed E-state index contributed by atoms with van der Waals surface area (Å²) in [6, 6.07) is 3.55. The van der Waals surface area contributed by atoms with Crippen LogP contribution in [-0.2, 0) is 11.4 Å².